The van der Waals surface area contributed by atoms with Crippen molar-refractivity contribution < 1.29 is 43.6 Å². The average molecular weight is 924 g/mol. The third kappa shape index (κ3) is 7.51. The van der Waals surface area contributed by atoms with Crippen LogP contribution in [0.15, 0.2) is 133 Å². The summed E-state index contributed by atoms with van der Waals surface area (Å²) in [5, 5.41) is 0. The molecule has 0 fully saturated rings. The van der Waals surface area contributed by atoms with Crippen molar-refractivity contribution in [3.63, 3.8) is 0 Å². The second-order valence-electron chi connectivity index (χ2n) is 14.6. The molecule has 0 aliphatic rings. The Bertz CT molecular complexity index is 3310. The molecule has 2 heterocycles. The monoisotopic (exact) mass is 923 g/mol. The average Bonchev–Trinajstić information content (AvgIpc) is 3.67. The molecule has 0 atom stereocenters. The molecule has 8 aromatic rings. The molecule has 0 amide bonds. The van der Waals surface area contributed by atoms with E-state index in [0.29, 0.717) is 50.5 Å². The number of rotatable bonds is 7. The van der Waals surface area contributed by atoms with E-state index in [4.69, 9.17) is 26.2 Å². The maximum absolute atomic E-state index is 9.48. The topological polar surface area (TPSA) is 39.9 Å². The molecule has 0 aliphatic heterocycles. The quantitative estimate of drug-likeness (QED) is 0.150. The minimum absolute atomic E-state index is 0. The molecule has 0 bridgehead atoms. The van der Waals surface area contributed by atoms with Crippen molar-refractivity contribution >= 4 is 11.0 Å². The first-order valence-electron chi connectivity index (χ1n) is 24.3. The standard InChI is InChI=1S/C51H45N3O.Pt/c1-32-17-19-37(20-18-32)38-21-22-52-46(31-38)41-27-40(28-42(29-41)51(5,6)7)44-15-12-16-47-48(44)53-50(45-26-33(2)23-35(4)49(45)55-8)54(47)43-25-34(3)24-39(30-43)36-13-10-9-11-14-36;/h9-26,28-31H,8H2,1-7H3;/q-2;+2/i1D3,3D3,17D,18D,19D,20D,21D,22D,31D;. The Morgan fingerprint density at radius 3 is 2.23 bits per heavy atom. The van der Waals surface area contributed by atoms with Gasteiger partial charge in [-0.15, -0.1) is 29.3 Å². The van der Waals surface area contributed by atoms with Gasteiger partial charge in [-0.1, -0.05) is 122 Å². The molecule has 0 saturated carbocycles. The third-order valence-corrected chi connectivity index (χ3v) is 9.52. The van der Waals surface area contributed by atoms with Gasteiger partial charge in [0.05, 0.1) is 31.9 Å². The van der Waals surface area contributed by atoms with Crippen LogP contribution in [0.2, 0.25) is 0 Å². The molecule has 0 spiro atoms. The molecule has 0 radical (unpaired) electrons. The number of pyridine rings is 1. The van der Waals surface area contributed by atoms with Crippen LogP contribution in [0, 0.1) is 40.7 Å². The van der Waals surface area contributed by atoms with E-state index in [1.54, 1.807) is 18.2 Å². The van der Waals surface area contributed by atoms with Gasteiger partial charge in [-0.2, -0.15) is 7.11 Å². The second kappa shape index (κ2) is 15.5. The van der Waals surface area contributed by atoms with Gasteiger partial charge in [-0.25, -0.2) is 4.98 Å². The summed E-state index contributed by atoms with van der Waals surface area (Å²) in [5.74, 6) is 0.900. The van der Waals surface area contributed by atoms with Crippen LogP contribution in [0.4, 0.5) is 0 Å². The van der Waals surface area contributed by atoms with Crippen molar-refractivity contribution in [3.8, 4) is 67.5 Å². The maximum Gasteiger partial charge on any atom is 2.00 e. The molecule has 5 heteroatoms. The van der Waals surface area contributed by atoms with Crippen molar-refractivity contribution in [1.82, 2.24) is 14.5 Å². The van der Waals surface area contributed by atoms with E-state index >= 15 is 0 Å². The van der Waals surface area contributed by atoms with Gasteiger partial charge in [-0.05, 0) is 102 Å². The molecule has 280 valence electrons. The molecule has 0 saturated heterocycles. The molecule has 4 nitrogen and oxygen atoms in total. The zero-order valence-corrected chi connectivity index (χ0v) is 33.7. The Labute approximate surface area is 363 Å². The number of benzene rings is 6. The number of aryl methyl sites for hydroxylation is 3. The van der Waals surface area contributed by atoms with Gasteiger partial charge < -0.3 is 4.74 Å². The zero-order valence-electron chi connectivity index (χ0n) is 44.4. The number of hydrogen-bond donors (Lipinski definition) is 0. The first-order valence-corrected chi connectivity index (χ1v) is 17.8. The number of hydrogen-bond acceptors (Lipinski definition) is 3. The third-order valence-electron chi connectivity index (χ3n) is 9.52. The van der Waals surface area contributed by atoms with Crippen LogP contribution in [0.3, 0.4) is 0 Å². The Morgan fingerprint density at radius 2 is 1.50 bits per heavy atom. The number of aromatic nitrogens is 3. The summed E-state index contributed by atoms with van der Waals surface area (Å²) in [6.45, 7) is 4.38. The predicted octanol–water partition coefficient (Wildman–Crippen LogP) is 13.3. The van der Waals surface area contributed by atoms with Crippen molar-refractivity contribution in [2.75, 3.05) is 0 Å². The second-order valence-corrected chi connectivity index (χ2v) is 14.6. The number of fused-ring (bicyclic) bond motifs is 1. The van der Waals surface area contributed by atoms with Crippen molar-refractivity contribution in [3.05, 3.63) is 174 Å². The number of nitrogens with zero attached hydrogens (tertiary/aromatic N) is 3. The number of imidazole rings is 1. The van der Waals surface area contributed by atoms with Crippen LogP contribution >= 0.6 is 0 Å². The van der Waals surface area contributed by atoms with Crippen molar-refractivity contribution in [2.45, 2.75) is 53.7 Å². The normalized spacial score (nSPS) is 15.2. The van der Waals surface area contributed by atoms with Gasteiger partial charge in [0.1, 0.15) is 5.82 Å². The molecule has 0 aliphatic carbocycles. The molecule has 6 aromatic carbocycles. The van der Waals surface area contributed by atoms with E-state index in [0.717, 1.165) is 22.3 Å². The summed E-state index contributed by atoms with van der Waals surface area (Å²) in [7, 11) is 3.78. The molecule has 8 rings (SSSR count). The molecular formula is C51H45N3OPt. The van der Waals surface area contributed by atoms with Crippen molar-refractivity contribution in [2.24, 2.45) is 0 Å². The summed E-state index contributed by atoms with van der Waals surface area (Å²) in [5.41, 5.74) is 5.23. The van der Waals surface area contributed by atoms with E-state index < -0.39 is 78.2 Å². The Morgan fingerprint density at radius 1 is 0.732 bits per heavy atom. The summed E-state index contributed by atoms with van der Waals surface area (Å²) >= 11 is 0. The minimum atomic E-state index is -2.98. The Hall–Kier alpha value is -5.57. The van der Waals surface area contributed by atoms with Gasteiger partial charge >= 0.3 is 21.1 Å². The van der Waals surface area contributed by atoms with Crippen LogP contribution in [0.25, 0.3) is 72.7 Å². The summed E-state index contributed by atoms with van der Waals surface area (Å²) in [6.07, 6.45) is -0.615. The SMILES string of the molecule is [2H]c1nc(-c2[c-]c(-c3cccc4c3nc(-c3cc(C)cc(C)c3O[CH2-])n4-c3cc(-c4ccccc4)cc(C([2H])([2H])[2H])c3)cc(C(C)(C)C)c2)c([2H])c(-c2c([2H])c([2H])c(C([2H])([2H])[2H])c([2H])c2[2H])c1[2H].[Pt+2]. The van der Waals surface area contributed by atoms with E-state index in [1.165, 1.54) is 0 Å². The van der Waals surface area contributed by atoms with Crippen LogP contribution in [0.1, 0.15) is 66.4 Å². The number of ether oxygens (including phenoxy) is 1. The van der Waals surface area contributed by atoms with Gasteiger partial charge in [0.25, 0.3) is 0 Å². The molecule has 0 unspecified atom stereocenters. The summed E-state index contributed by atoms with van der Waals surface area (Å²) in [6, 6.07) is 27.0. The van der Waals surface area contributed by atoms with Gasteiger partial charge in [0, 0.05) is 25.8 Å². The molecule has 56 heavy (non-hydrogen) atoms. The van der Waals surface area contributed by atoms with E-state index in [1.807, 2.05) is 112 Å². The largest absolute Gasteiger partial charge is 2.00 e. The maximum atomic E-state index is 9.48. The smallest absolute Gasteiger partial charge is 0.665 e. The molecular weight excluding hydrogens is 866 g/mol. The van der Waals surface area contributed by atoms with E-state index in [-0.39, 0.29) is 37.9 Å². The zero-order chi connectivity index (χ0) is 49.5. The first kappa shape index (κ1) is 25.6. The summed E-state index contributed by atoms with van der Waals surface area (Å²) in [4.78, 5) is 9.72. The predicted molar refractivity (Wildman–Crippen MR) is 229 cm³/mol. The van der Waals surface area contributed by atoms with Crippen LogP contribution < -0.4 is 4.74 Å². The van der Waals surface area contributed by atoms with Crippen LogP contribution in [-0.2, 0) is 26.5 Å². The summed E-state index contributed by atoms with van der Waals surface area (Å²) < 4.78 is 119. The number of para-hydroxylation sites is 1. The van der Waals surface area contributed by atoms with E-state index in [9.17, 15) is 1.37 Å². The fraction of sp³-hybridized carbons (Fsp3) is 0.157. The van der Waals surface area contributed by atoms with Crippen molar-refractivity contribution in [1.29, 1.82) is 0 Å². The van der Waals surface area contributed by atoms with Crippen LogP contribution in [-0.4, -0.2) is 14.5 Å². The van der Waals surface area contributed by atoms with E-state index in [2.05, 4.69) is 18.2 Å². The van der Waals surface area contributed by atoms with Gasteiger partial charge in [0.15, 0.2) is 0 Å². The van der Waals surface area contributed by atoms with Gasteiger partial charge in [0.2, 0.25) is 0 Å². The minimum Gasteiger partial charge on any atom is -0.665 e. The van der Waals surface area contributed by atoms with Gasteiger partial charge in [-0.3, -0.25) is 9.55 Å². The fourth-order valence-corrected chi connectivity index (χ4v) is 6.89. The molecule has 2 aromatic heterocycles. The fourth-order valence-electron chi connectivity index (χ4n) is 6.89. The Balaban J connectivity index is 0.00000703. The first-order chi connectivity index (χ1) is 31.8. The van der Waals surface area contributed by atoms with Crippen LogP contribution in [0.5, 0.6) is 5.75 Å². The molecule has 0 N–H and O–H groups in total. The Kier molecular flexibility index (Phi) is 7.08.